The van der Waals surface area contributed by atoms with E-state index in [4.69, 9.17) is 18.9 Å². The van der Waals surface area contributed by atoms with Crippen LogP contribution < -0.4 is 24.4 Å². The first kappa shape index (κ1) is 26.0. The van der Waals surface area contributed by atoms with Gasteiger partial charge in [0.25, 0.3) is 5.91 Å². The normalized spacial score (nSPS) is 10.5. The lowest BCUT2D eigenvalue weighted by Crippen LogP contribution is -2.17. The van der Waals surface area contributed by atoms with Crippen LogP contribution in [0.5, 0.6) is 23.0 Å². The van der Waals surface area contributed by atoms with Crippen molar-refractivity contribution in [1.82, 2.24) is 5.43 Å². The Morgan fingerprint density at radius 1 is 0.833 bits per heavy atom. The quantitative estimate of drug-likeness (QED) is 0.126. The third kappa shape index (κ3) is 7.46. The van der Waals surface area contributed by atoms with Gasteiger partial charge in [-0.05, 0) is 86.1 Å². The molecule has 0 bridgehead atoms. The van der Waals surface area contributed by atoms with Gasteiger partial charge in [-0.3, -0.25) is 4.79 Å². The number of nitrogens with one attached hydrogen (secondary N) is 1. The van der Waals surface area contributed by atoms with Gasteiger partial charge in [-0.2, -0.15) is 5.10 Å². The summed E-state index contributed by atoms with van der Waals surface area (Å²) in [6.07, 6.45) is 3.12. The third-order valence-corrected chi connectivity index (χ3v) is 4.74. The summed E-state index contributed by atoms with van der Waals surface area (Å²) in [7, 11) is 0. The number of nitrogens with zero attached hydrogens (tertiary/aromatic N) is 1. The number of hydrogen-bond acceptors (Lipinski definition) is 7. The van der Waals surface area contributed by atoms with Gasteiger partial charge in [0.15, 0.2) is 11.5 Å². The van der Waals surface area contributed by atoms with Crippen LogP contribution >= 0.6 is 0 Å². The van der Waals surface area contributed by atoms with Crippen molar-refractivity contribution in [2.24, 2.45) is 5.10 Å². The molecule has 3 aromatic carbocycles. The minimum atomic E-state index is -0.520. The van der Waals surface area contributed by atoms with Gasteiger partial charge in [0.2, 0.25) is 0 Å². The fourth-order valence-electron chi connectivity index (χ4n) is 3.06. The van der Waals surface area contributed by atoms with E-state index in [0.717, 1.165) is 0 Å². The topological polar surface area (TPSA) is 95.5 Å². The lowest BCUT2D eigenvalue weighted by Gasteiger charge is -2.11. The van der Waals surface area contributed by atoms with Crippen LogP contribution in [0, 0.1) is 0 Å². The van der Waals surface area contributed by atoms with Gasteiger partial charge in [0, 0.05) is 5.56 Å². The van der Waals surface area contributed by atoms with E-state index in [9.17, 15) is 9.59 Å². The number of hydrazone groups is 1. The van der Waals surface area contributed by atoms with Crippen molar-refractivity contribution in [2.75, 3.05) is 19.8 Å². The molecule has 0 unspecified atom stereocenters. The Hall–Kier alpha value is -4.59. The van der Waals surface area contributed by atoms with Crippen molar-refractivity contribution < 1.29 is 28.5 Å². The van der Waals surface area contributed by atoms with Crippen molar-refractivity contribution in [2.45, 2.75) is 13.8 Å². The van der Waals surface area contributed by atoms with E-state index < -0.39 is 5.97 Å². The van der Waals surface area contributed by atoms with Crippen LogP contribution in [-0.4, -0.2) is 37.9 Å². The molecule has 8 heteroatoms. The second-order valence-electron chi connectivity index (χ2n) is 7.31. The molecule has 0 saturated carbocycles. The highest BCUT2D eigenvalue weighted by molar-refractivity contribution is 5.95. The van der Waals surface area contributed by atoms with Crippen molar-refractivity contribution in [3.63, 3.8) is 0 Å². The summed E-state index contributed by atoms with van der Waals surface area (Å²) >= 11 is 0. The zero-order valence-corrected chi connectivity index (χ0v) is 20.2. The molecule has 0 aromatic heterocycles. The second kappa shape index (κ2) is 13.3. The van der Waals surface area contributed by atoms with Crippen LogP contribution in [0.1, 0.15) is 40.1 Å². The summed E-state index contributed by atoms with van der Waals surface area (Å²) in [4.78, 5) is 24.9. The van der Waals surface area contributed by atoms with Gasteiger partial charge in [-0.25, -0.2) is 10.2 Å². The fraction of sp³-hybridized carbons (Fsp3) is 0.179. The number of amides is 1. The highest BCUT2D eigenvalue weighted by Gasteiger charge is 2.13. The van der Waals surface area contributed by atoms with Gasteiger partial charge in [-0.1, -0.05) is 12.7 Å². The first-order valence-corrected chi connectivity index (χ1v) is 11.4. The molecule has 0 heterocycles. The fourth-order valence-corrected chi connectivity index (χ4v) is 3.06. The van der Waals surface area contributed by atoms with Gasteiger partial charge in [0.1, 0.15) is 18.1 Å². The highest BCUT2D eigenvalue weighted by Crippen LogP contribution is 2.29. The van der Waals surface area contributed by atoms with Crippen molar-refractivity contribution >= 4 is 18.1 Å². The molecule has 0 saturated heterocycles. The van der Waals surface area contributed by atoms with E-state index in [2.05, 4.69) is 17.1 Å². The molecule has 0 fully saturated rings. The lowest BCUT2D eigenvalue weighted by molar-refractivity contribution is 0.0728. The molecular formula is C28H28N2O6. The molecule has 0 radical (unpaired) electrons. The predicted molar refractivity (Wildman–Crippen MR) is 137 cm³/mol. The van der Waals surface area contributed by atoms with Crippen molar-refractivity contribution in [3.05, 3.63) is 96.1 Å². The number of benzene rings is 3. The molecule has 3 rings (SSSR count). The van der Waals surface area contributed by atoms with Crippen LogP contribution in [-0.2, 0) is 0 Å². The standard InChI is InChI=1S/C28H28N2O6/c1-4-17-35-24-12-8-21(9-13-24)27(31)30-29-19-20-7-16-25(26(18-20)34-6-3)36-28(32)22-10-14-23(15-11-22)33-5-2/h4,7-16,18-19H,1,5-6,17H2,2-3H3,(H,30,31)/b29-19+. The summed E-state index contributed by atoms with van der Waals surface area (Å²) in [5.41, 5.74) is 3.95. The Morgan fingerprint density at radius 2 is 1.47 bits per heavy atom. The van der Waals surface area contributed by atoms with Gasteiger partial charge >= 0.3 is 5.97 Å². The molecular weight excluding hydrogens is 460 g/mol. The maximum atomic E-state index is 12.6. The number of carbonyl (C=O) groups excluding carboxylic acids is 2. The van der Waals surface area contributed by atoms with Crippen LogP contribution in [0.15, 0.2) is 84.5 Å². The second-order valence-corrected chi connectivity index (χ2v) is 7.31. The van der Waals surface area contributed by atoms with Gasteiger partial charge < -0.3 is 18.9 Å². The monoisotopic (exact) mass is 488 g/mol. The van der Waals surface area contributed by atoms with E-state index in [1.807, 2.05) is 13.8 Å². The van der Waals surface area contributed by atoms with E-state index in [1.165, 1.54) is 6.21 Å². The minimum Gasteiger partial charge on any atom is -0.494 e. The molecule has 0 aliphatic heterocycles. The van der Waals surface area contributed by atoms with Crippen LogP contribution in [0.25, 0.3) is 0 Å². The Morgan fingerprint density at radius 3 is 2.11 bits per heavy atom. The van der Waals surface area contributed by atoms with Crippen molar-refractivity contribution in [3.8, 4) is 23.0 Å². The van der Waals surface area contributed by atoms with Crippen molar-refractivity contribution in [1.29, 1.82) is 0 Å². The minimum absolute atomic E-state index is 0.274. The molecule has 0 spiro atoms. The summed E-state index contributed by atoms with van der Waals surface area (Å²) in [6.45, 7) is 8.61. The molecule has 1 N–H and O–H groups in total. The Kier molecular flexibility index (Phi) is 9.64. The molecule has 0 atom stereocenters. The Labute approximate surface area is 210 Å². The largest absolute Gasteiger partial charge is 0.494 e. The molecule has 8 nitrogen and oxygen atoms in total. The number of carbonyl (C=O) groups is 2. The zero-order chi connectivity index (χ0) is 25.8. The van der Waals surface area contributed by atoms with Crippen LogP contribution in [0.3, 0.4) is 0 Å². The Bertz CT molecular complexity index is 1200. The molecule has 3 aromatic rings. The molecule has 1 amide bonds. The van der Waals surface area contributed by atoms with Gasteiger partial charge in [-0.15, -0.1) is 0 Å². The maximum Gasteiger partial charge on any atom is 0.343 e. The molecule has 186 valence electrons. The van der Waals surface area contributed by atoms with E-state index in [0.29, 0.717) is 53.8 Å². The average Bonchev–Trinajstić information content (AvgIpc) is 2.90. The van der Waals surface area contributed by atoms with E-state index in [-0.39, 0.29) is 11.7 Å². The van der Waals surface area contributed by atoms with E-state index >= 15 is 0 Å². The third-order valence-electron chi connectivity index (χ3n) is 4.74. The lowest BCUT2D eigenvalue weighted by atomic mass is 10.2. The van der Waals surface area contributed by atoms with Crippen LogP contribution in [0.2, 0.25) is 0 Å². The summed E-state index contributed by atoms with van der Waals surface area (Å²) in [6, 6.07) is 18.4. The number of esters is 1. The molecule has 36 heavy (non-hydrogen) atoms. The average molecular weight is 489 g/mol. The Balaban J connectivity index is 1.63. The smallest absolute Gasteiger partial charge is 0.343 e. The van der Waals surface area contributed by atoms with Gasteiger partial charge in [0.05, 0.1) is 25.0 Å². The van der Waals surface area contributed by atoms with E-state index in [1.54, 1.807) is 72.8 Å². The first-order valence-electron chi connectivity index (χ1n) is 11.4. The maximum absolute atomic E-state index is 12.6. The van der Waals surface area contributed by atoms with Crippen LogP contribution in [0.4, 0.5) is 0 Å². The number of rotatable bonds is 12. The molecule has 0 aliphatic carbocycles. The summed E-state index contributed by atoms with van der Waals surface area (Å²) in [5.74, 6) is 1.08. The highest BCUT2D eigenvalue weighted by atomic mass is 16.6. The summed E-state index contributed by atoms with van der Waals surface area (Å²) < 4.78 is 22.0. The molecule has 0 aliphatic rings. The first-order chi connectivity index (χ1) is 17.5. The SMILES string of the molecule is C=CCOc1ccc(C(=O)N/N=C/c2ccc(OC(=O)c3ccc(OCC)cc3)c(OCC)c2)cc1. The predicted octanol–water partition coefficient (Wildman–Crippen LogP) is 5.03. The zero-order valence-electron chi connectivity index (χ0n) is 20.2. The number of ether oxygens (including phenoxy) is 4. The number of hydrogen-bond donors (Lipinski definition) is 1. The summed E-state index contributed by atoms with van der Waals surface area (Å²) in [5, 5.41) is 4.01.